The number of hydrogen-bond acceptors (Lipinski definition) is 6. The Morgan fingerprint density at radius 1 is 1.16 bits per heavy atom. The Labute approximate surface area is 191 Å². The van der Waals surface area contributed by atoms with Gasteiger partial charge >= 0.3 is 0 Å². The highest BCUT2D eigenvalue weighted by atomic mass is 16.5. The SMILES string of the molecule is COCCCOc1cc(C(=O)N(C[C@@H]2CNC[C@H]2C(=O)NC2CC2)C(C)C)ccc1OC. The van der Waals surface area contributed by atoms with Gasteiger partial charge < -0.3 is 29.7 Å². The lowest BCUT2D eigenvalue weighted by Crippen LogP contribution is -2.45. The molecule has 1 aromatic rings. The van der Waals surface area contributed by atoms with Gasteiger partial charge in [0.05, 0.1) is 19.6 Å². The molecule has 32 heavy (non-hydrogen) atoms. The molecular weight excluding hydrogens is 410 g/mol. The molecule has 0 aromatic heterocycles. The minimum atomic E-state index is -0.111. The standard InChI is InChI=1S/C24H37N3O5/c1-16(2)27(15-18-13-25-14-20(18)23(28)26-19-7-8-19)24(29)17-6-9-21(31-4)22(12-17)32-11-5-10-30-3/h6,9,12,16,18-20,25H,5,7-8,10-11,13-15H2,1-4H3,(H,26,28)/t18-,20+/m0/s1. The van der Waals surface area contributed by atoms with Gasteiger partial charge in [0.2, 0.25) is 5.91 Å². The van der Waals surface area contributed by atoms with Crippen LogP contribution in [-0.2, 0) is 9.53 Å². The number of nitrogens with one attached hydrogen (secondary N) is 2. The highest BCUT2D eigenvalue weighted by Gasteiger charge is 2.37. The second-order valence-corrected chi connectivity index (χ2v) is 8.92. The summed E-state index contributed by atoms with van der Waals surface area (Å²) < 4.78 is 16.3. The second kappa shape index (κ2) is 11.5. The van der Waals surface area contributed by atoms with E-state index < -0.39 is 0 Å². The predicted octanol–water partition coefficient (Wildman–Crippen LogP) is 2.08. The molecular formula is C24H37N3O5. The maximum Gasteiger partial charge on any atom is 0.254 e. The summed E-state index contributed by atoms with van der Waals surface area (Å²) in [4.78, 5) is 28.0. The van der Waals surface area contributed by atoms with Gasteiger partial charge in [0.25, 0.3) is 5.91 Å². The van der Waals surface area contributed by atoms with Crippen molar-refractivity contribution in [3.05, 3.63) is 23.8 Å². The van der Waals surface area contributed by atoms with E-state index in [0.717, 1.165) is 25.8 Å². The molecule has 2 aliphatic rings. The molecule has 178 valence electrons. The van der Waals surface area contributed by atoms with Crippen molar-refractivity contribution in [2.24, 2.45) is 11.8 Å². The van der Waals surface area contributed by atoms with E-state index in [9.17, 15) is 9.59 Å². The zero-order chi connectivity index (χ0) is 23.1. The second-order valence-electron chi connectivity index (χ2n) is 8.92. The summed E-state index contributed by atoms with van der Waals surface area (Å²) in [5.41, 5.74) is 0.547. The van der Waals surface area contributed by atoms with E-state index in [4.69, 9.17) is 14.2 Å². The van der Waals surface area contributed by atoms with Crippen molar-refractivity contribution >= 4 is 11.8 Å². The molecule has 3 rings (SSSR count). The fourth-order valence-electron chi connectivity index (χ4n) is 4.02. The lowest BCUT2D eigenvalue weighted by molar-refractivity contribution is -0.125. The summed E-state index contributed by atoms with van der Waals surface area (Å²) in [5.74, 6) is 1.14. The van der Waals surface area contributed by atoms with Crippen LogP contribution in [0.25, 0.3) is 0 Å². The summed E-state index contributed by atoms with van der Waals surface area (Å²) in [7, 11) is 3.24. The van der Waals surface area contributed by atoms with Gasteiger partial charge in [-0.05, 0) is 44.9 Å². The molecule has 1 saturated carbocycles. The average molecular weight is 448 g/mol. The highest BCUT2D eigenvalue weighted by molar-refractivity contribution is 5.95. The van der Waals surface area contributed by atoms with Gasteiger partial charge in [-0.3, -0.25) is 9.59 Å². The number of carbonyl (C=O) groups is 2. The average Bonchev–Trinajstić information content (AvgIpc) is 3.47. The molecule has 0 radical (unpaired) electrons. The number of methoxy groups -OCH3 is 2. The Kier molecular flexibility index (Phi) is 8.75. The van der Waals surface area contributed by atoms with Gasteiger partial charge in [0.1, 0.15) is 0 Å². The Bertz CT molecular complexity index is 781. The first-order chi connectivity index (χ1) is 15.4. The molecule has 2 amide bonds. The maximum absolute atomic E-state index is 13.5. The Balaban J connectivity index is 1.70. The maximum atomic E-state index is 13.5. The van der Waals surface area contributed by atoms with Gasteiger partial charge in [-0.15, -0.1) is 0 Å². The number of benzene rings is 1. The van der Waals surface area contributed by atoms with Crippen molar-refractivity contribution in [2.45, 2.75) is 45.2 Å². The lowest BCUT2D eigenvalue weighted by atomic mass is 9.93. The molecule has 2 fully saturated rings. The van der Waals surface area contributed by atoms with Crippen LogP contribution in [0.2, 0.25) is 0 Å². The molecule has 1 aromatic carbocycles. The zero-order valence-electron chi connectivity index (χ0n) is 19.7. The molecule has 1 aliphatic carbocycles. The molecule has 2 atom stereocenters. The smallest absolute Gasteiger partial charge is 0.254 e. The van der Waals surface area contributed by atoms with Crippen molar-refractivity contribution in [2.75, 3.05) is 47.1 Å². The van der Waals surface area contributed by atoms with Crippen LogP contribution in [0.15, 0.2) is 18.2 Å². The first-order valence-corrected chi connectivity index (χ1v) is 11.6. The molecule has 8 heteroatoms. The third-order valence-electron chi connectivity index (χ3n) is 6.08. The van der Waals surface area contributed by atoms with Crippen molar-refractivity contribution < 1.29 is 23.8 Å². The van der Waals surface area contributed by atoms with Gasteiger partial charge in [-0.25, -0.2) is 0 Å². The number of nitrogens with zero attached hydrogens (tertiary/aromatic N) is 1. The third-order valence-corrected chi connectivity index (χ3v) is 6.08. The van der Waals surface area contributed by atoms with Gasteiger partial charge in [0, 0.05) is 63.3 Å². The molecule has 8 nitrogen and oxygen atoms in total. The molecule has 1 heterocycles. The van der Waals surface area contributed by atoms with E-state index in [0.29, 0.717) is 49.4 Å². The van der Waals surface area contributed by atoms with Crippen LogP contribution in [0.5, 0.6) is 11.5 Å². The molecule has 2 N–H and O–H groups in total. The van der Waals surface area contributed by atoms with E-state index in [-0.39, 0.29) is 29.7 Å². The van der Waals surface area contributed by atoms with Crippen molar-refractivity contribution in [1.29, 1.82) is 0 Å². The quantitative estimate of drug-likeness (QED) is 0.477. The normalized spacial score (nSPS) is 20.3. The van der Waals surface area contributed by atoms with Gasteiger partial charge in [-0.2, -0.15) is 0 Å². The zero-order valence-corrected chi connectivity index (χ0v) is 19.7. The van der Waals surface area contributed by atoms with Crippen molar-refractivity contribution in [1.82, 2.24) is 15.5 Å². The highest BCUT2D eigenvalue weighted by Crippen LogP contribution is 2.30. The summed E-state index contributed by atoms with van der Waals surface area (Å²) in [6.07, 6.45) is 2.88. The number of ether oxygens (including phenoxy) is 3. The summed E-state index contributed by atoms with van der Waals surface area (Å²) in [6.45, 7) is 7.01. The largest absolute Gasteiger partial charge is 0.493 e. The van der Waals surface area contributed by atoms with Crippen LogP contribution in [-0.4, -0.2) is 75.9 Å². The van der Waals surface area contributed by atoms with E-state index in [2.05, 4.69) is 10.6 Å². The fourth-order valence-corrected chi connectivity index (χ4v) is 4.02. The summed E-state index contributed by atoms with van der Waals surface area (Å²) >= 11 is 0. The Morgan fingerprint density at radius 3 is 2.59 bits per heavy atom. The molecule has 0 spiro atoms. The molecule has 0 unspecified atom stereocenters. The van der Waals surface area contributed by atoms with Crippen LogP contribution in [0.4, 0.5) is 0 Å². The van der Waals surface area contributed by atoms with Crippen molar-refractivity contribution in [3.63, 3.8) is 0 Å². The number of rotatable bonds is 12. The minimum Gasteiger partial charge on any atom is -0.493 e. The Hall–Kier alpha value is -2.32. The molecule has 1 saturated heterocycles. The van der Waals surface area contributed by atoms with Crippen LogP contribution in [0.1, 0.15) is 43.5 Å². The fraction of sp³-hybridized carbons (Fsp3) is 0.667. The predicted molar refractivity (Wildman–Crippen MR) is 122 cm³/mol. The van der Waals surface area contributed by atoms with Gasteiger partial charge in [-0.1, -0.05) is 0 Å². The Morgan fingerprint density at radius 2 is 1.94 bits per heavy atom. The number of hydrogen-bond donors (Lipinski definition) is 2. The monoisotopic (exact) mass is 447 g/mol. The van der Waals surface area contributed by atoms with Crippen LogP contribution in [0.3, 0.4) is 0 Å². The number of amides is 2. The van der Waals surface area contributed by atoms with Crippen LogP contribution < -0.4 is 20.1 Å². The van der Waals surface area contributed by atoms with E-state index in [1.54, 1.807) is 32.4 Å². The first-order valence-electron chi connectivity index (χ1n) is 11.6. The topological polar surface area (TPSA) is 89.1 Å². The molecule has 1 aliphatic heterocycles. The van der Waals surface area contributed by atoms with E-state index in [1.165, 1.54) is 0 Å². The first kappa shape index (κ1) is 24.3. The van der Waals surface area contributed by atoms with Gasteiger partial charge in [0.15, 0.2) is 11.5 Å². The lowest BCUT2D eigenvalue weighted by Gasteiger charge is -2.31. The number of carbonyl (C=O) groups excluding carboxylic acids is 2. The van der Waals surface area contributed by atoms with E-state index in [1.807, 2.05) is 18.7 Å². The van der Waals surface area contributed by atoms with Crippen molar-refractivity contribution in [3.8, 4) is 11.5 Å². The van der Waals surface area contributed by atoms with E-state index >= 15 is 0 Å². The molecule has 0 bridgehead atoms. The third kappa shape index (κ3) is 6.36. The minimum absolute atomic E-state index is 0.00316. The van der Waals surface area contributed by atoms with Crippen LogP contribution in [0, 0.1) is 11.8 Å². The van der Waals surface area contributed by atoms with Crippen LogP contribution >= 0.6 is 0 Å². The summed E-state index contributed by atoms with van der Waals surface area (Å²) in [6, 6.07) is 5.62. The summed E-state index contributed by atoms with van der Waals surface area (Å²) in [5, 5.41) is 6.45.